The number of benzene rings is 1. The highest BCUT2D eigenvalue weighted by atomic mass is 79.9. The summed E-state index contributed by atoms with van der Waals surface area (Å²) in [7, 11) is 0. The second-order valence-electron chi connectivity index (χ2n) is 3.09. The van der Waals surface area contributed by atoms with E-state index in [1.54, 1.807) is 6.20 Å². The molecular weight excluding hydrogens is 254 g/mol. The number of nitrogens with one attached hydrogen (secondary N) is 1. The molecule has 0 aliphatic rings. The van der Waals surface area contributed by atoms with E-state index in [9.17, 15) is 0 Å². The van der Waals surface area contributed by atoms with Crippen molar-refractivity contribution < 1.29 is 0 Å². The standard InChI is InChI=1S/C11H10BrN3/c12-10-5-3-9(4-6-10)8-13-11-2-1-7-14-15-11/h1-7H,8H2,(H,13,15). The van der Waals surface area contributed by atoms with E-state index in [0.717, 1.165) is 16.8 Å². The zero-order valence-corrected chi connectivity index (χ0v) is 9.61. The molecule has 15 heavy (non-hydrogen) atoms. The average Bonchev–Trinajstić information content (AvgIpc) is 2.30. The molecule has 0 fully saturated rings. The summed E-state index contributed by atoms with van der Waals surface area (Å²) in [5.74, 6) is 0.792. The molecule has 1 aromatic heterocycles. The topological polar surface area (TPSA) is 37.8 Å². The lowest BCUT2D eigenvalue weighted by Crippen LogP contribution is -2.01. The first-order chi connectivity index (χ1) is 7.34. The van der Waals surface area contributed by atoms with Gasteiger partial charge in [0, 0.05) is 17.2 Å². The fourth-order valence-corrected chi connectivity index (χ4v) is 1.46. The van der Waals surface area contributed by atoms with Gasteiger partial charge in [-0.15, -0.1) is 5.10 Å². The van der Waals surface area contributed by atoms with Gasteiger partial charge in [-0.1, -0.05) is 28.1 Å². The van der Waals surface area contributed by atoms with Crippen LogP contribution in [0.1, 0.15) is 5.56 Å². The van der Waals surface area contributed by atoms with Crippen molar-refractivity contribution in [1.82, 2.24) is 10.2 Å². The van der Waals surface area contributed by atoms with Gasteiger partial charge in [-0.2, -0.15) is 5.10 Å². The minimum atomic E-state index is 0.756. The first-order valence-electron chi connectivity index (χ1n) is 4.60. The predicted molar refractivity (Wildman–Crippen MR) is 63.5 cm³/mol. The zero-order chi connectivity index (χ0) is 10.5. The Kier molecular flexibility index (Phi) is 3.29. The van der Waals surface area contributed by atoms with Gasteiger partial charge in [-0.25, -0.2) is 0 Å². The molecule has 0 bridgehead atoms. The Labute approximate surface area is 96.7 Å². The Morgan fingerprint density at radius 3 is 2.60 bits per heavy atom. The van der Waals surface area contributed by atoms with Crippen molar-refractivity contribution in [3.8, 4) is 0 Å². The van der Waals surface area contributed by atoms with Crippen LogP contribution in [0, 0.1) is 0 Å². The van der Waals surface area contributed by atoms with Gasteiger partial charge in [-0.05, 0) is 29.8 Å². The fraction of sp³-hybridized carbons (Fsp3) is 0.0909. The van der Waals surface area contributed by atoms with Gasteiger partial charge in [0.25, 0.3) is 0 Å². The molecule has 2 rings (SSSR count). The van der Waals surface area contributed by atoms with Crippen LogP contribution < -0.4 is 5.32 Å². The van der Waals surface area contributed by atoms with Crippen molar-refractivity contribution in [3.63, 3.8) is 0 Å². The highest BCUT2D eigenvalue weighted by Gasteiger charge is 1.94. The monoisotopic (exact) mass is 263 g/mol. The van der Waals surface area contributed by atoms with Gasteiger partial charge < -0.3 is 5.32 Å². The van der Waals surface area contributed by atoms with E-state index >= 15 is 0 Å². The van der Waals surface area contributed by atoms with Crippen LogP contribution in [0.5, 0.6) is 0 Å². The highest BCUT2D eigenvalue weighted by molar-refractivity contribution is 9.10. The van der Waals surface area contributed by atoms with E-state index < -0.39 is 0 Å². The minimum absolute atomic E-state index is 0.756. The summed E-state index contributed by atoms with van der Waals surface area (Å²) in [6.07, 6.45) is 1.66. The minimum Gasteiger partial charge on any atom is -0.365 e. The van der Waals surface area contributed by atoms with Crippen LogP contribution in [0.15, 0.2) is 47.1 Å². The van der Waals surface area contributed by atoms with Gasteiger partial charge in [-0.3, -0.25) is 0 Å². The summed E-state index contributed by atoms with van der Waals surface area (Å²) in [6, 6.07) is 11.9. The average molecular weight is 264 g/mol. The molecular formula is C11H10BrN3. The first kappa shape index (κ1) is 10.1. The van der Waals surface area contributed by atoms with Crippen LogP contribution in [-0.2, 0) is 6.54 Å². The van der Waals surface area contributed by atoms with E-state index in [-0.39, 0.29) is 0 Å². The van der Waals surface area contributed by atoms with Gasteiger partial charge in [0.2, 0.25) is 0 Å². The van der Waals surface area contributed by atoms with Gasteiger partial charge in [0.15, 0.2) is 0 Å². The molecule has 3 nitrogen and oxygen atoms in total. The van der Waals surface area contributed by atoms with E-state index in [4.69, 9.17) is 0 Å². The van der Waals surface area contributed by atoms with Crippen molar-refractivity contribution in [2.24, 2.45) is 0 Å². The Bertz CT molecular complexity index is 414. The maximum Gasteiger partial charge on any atom is 0.148 e. The van der Waals surface area contributed by atoms with Gasteiger partial charge in [0.1, 0.15) is 5.82 Å². The fourth-order valence-electron chi connectivity index (χ4n) is 1.19. The number of rotatable bonds is 3. The Hall–Kier alpha value is -1.42. The van der Waals surface area contributed by atoms with Crippen LogP contribution in [0.3, 0.4) is 0 Å². The number of halogens is 1. The van der Waals surface area contributed by atoms with Crippen LogP contribution in [0.25, 0.3) is 0 Å². The third kappa shape index (κ3) is 3.02. The number of hydrogen-bond donors (Lipinski definition) is 1. The van der Waals surface area contributed by atoms with Crippen molar-refractivity contribution >= 4 is 21.7 Å². The molecule has 0 spiro atoms. The molecule has 0 saturated carbocycles. The Morgan fingerprint density at radius 1 is 1.13 bits per heavy atom. The summed E-state index contributed by atoms with van der Waals surface area (Å²) in [5, 5.41) is 10.9. The summed E-state index contributed by atoms with van der Waals surface area (Å²) in [5.41, 5.74) is 1.21. The van der Waals surface area contributed by atoms with E-state index in [0.29, 0.717) is 0 Å². The second kappa shape index (κ2) is 4.89. The lowest BCUT2D eigenvalue weighted by molar-refractivity contribution is 1.000. The number of aromatic nitrogens is 2. The molecule has 1 heterocycles. The van der Waals surface area contributed by atoms with Crippen LogP contribution in [-0.4, -0.2) is 10.2 Å². The highest BCUT2D eigenvalue weighted by Crippen LogP contribution is 2.11. The Morgan fingerprint density at radius 2 is 1.93 bits per heavy atom. The van der Waals surface area contributed by atoms with Gasteiger partial charge in [0.05, 0.1) is 0 Å². The van der Waals surface area contributed by atoms with Crippen molar-refractivity contribution in [2.75, 3.05) is 5.32 Å². The van der Waals surface area contributed by atoms with Crippen molar-refractivity contribution in [2.45, 2.75) is 6.54 Å². The van der Waals surface area contributed by atoms with Gasteiger partial charge >= 0.3 is 0 Å². The molecule has 2 aromatic rings. The third-order valence-corrected chi connectivity index (χ3v) is 2.49. The molecule has 4 heteroatoms. The molecule has 76 valence electrons. The molecule has 0 amide bonds. The van der Waals surface area contributed by atoms with E-state index in [1.165, 1.54) is 5.56 Å². The van der Waals surface area contributed by atoms with Crippen molar-refractivity contribution in [3.05, 3.63) is 52.6 Å². The largest absolute Gasteiger partial charge is 0.365 e. The Balaban J connectivity index is 1.96. The molecule has 1 N–H and O–H groups in total. The van der Waals surface area contributed by atoms with Crippen LogP contribution >= 0.6 is 15.9 Å². The molecule has 0 atom stereocenters. The summed E-state index contributed by atoms with van der Waals surface area (Å²) in [4.78, 5) is 0. The number of anilines is 1. The lowest BCUT2D eigenvalue weighted by Gasteiger charge is -2.04. The molecule has 0 radical (unpaired) electrons. The number of nitrogens with zero attached hydrogens (tertiary/aromatic N) is 2. The van der Waals surface area contributed by atoms with E-state index in [1.807, 2.05) is 24.3 Å². The third-order valence-electron chi connectivity index (χ3n) is 1.96. The molecule has 1 aromatic carbocycles. The quantitative estimate of drug-likeness (QED) is 0.926. The smallest absolute Gasteiger partial charge is 0.148 e. The lowest BCUT2D eigenvalue weighted by atomic mass is 10.2. The predicted octanol–water partition coefficient (Wildman–Crippen LogP) is 2.85. The maximum atomic E-state index is 3.94. The SMILES string of the molecule is Brc1ccc(CNc2cccnn2)cc1. The molecule has 0 aliphatic heterocycles. The number of hydrogen-bond acceptors (Lipinski definition) is 3. The summed E-state index contributed by atoms with van der Waals surface area (Å²) >= 11 is 3.40. The van der Waals surface area contributed by atoms with Crippen molar-refractivity contribution in [1.29, 1.82) is 0 Å². The van der Waals surface area contributed by atoms with Crippen LogP contribution in [0.4, 0.5) is 5.82 Å². The van der Waals surface area contributed by atoms with Crippen LogP contribution in [0.2, 0.25) is 0 Å². The zero-order valence-electron chi connectivity index (χ0n) is 8.02. The molecule has 0 aliphatic carbocycles. The second-order valence-corrected chi connectivity index (χ2v) is 4.00. The first-order valence-corrected chi connectivity index (χ1v) is 5.40. The molecule has 0 saturated heterocycles. The maximum absolute atomic E-state index is 3.94. The normalized spacial score (nSPS) is 9.93. The summed E-state index contributed by atoms with van der Waals surface area (Å²) < 4.78 is 1.09. The molecule has 0 unspecified atom stereocenters. The van der Waals surface area contributed by atoms with E-state index in [2.05, 4.69) is 43.6 Å². The summed E-state index contributed by atoms with van der Waals surface area (Å²) in [6.45, 7) is 0.756.